The van der Waals surface area contributed by atoms with E-state index < -0.39 is 0 Å². The van der Waals surface area contributed by atoms with Gasteiger partial charge in [0.2, 0.25) is 0 Å². The van der Waals surface area contributed by atoms with E-state index >= 15 is 0 Å². The number of fused-ring (bicyclic) bond motifs is 6. The van der Waals surface area contributed by atoms with E-state index in [1.165, 1.54) is 32.9 Å². The van der Waals surface area contributed by atoms with Gasteiger partial charge in [0.1, 0.15) is 61.6 Å². The molecule has 0 saturated heterocycles. The Bertz CT molecular complexity index is 2760. The molecule has 3 aromatic heterocycles. The van der Waals surface area contributed by atoms with Gasteiger partial charge in [0, 0.05) is 43.8 Å². The molecule has 0 saturated carbocycles. The molecule has 0 atom stereocenters. The molecular weight excluding hydrogens is 597 g/mol. The van der Waals surface area contributed by atoms with E-state index in [1.54, 1.807) is 0 Å². The second-order valence-corrected chi connectivity index (χ2v) is 12.9. The van der Waals surface area contributed by atoms with Crippen molar-refractivity contribution in [3.05, 3.63) is 109 Å². The van der Waals surface area contributed by atoms with Crippen molar-refractivity contribution >= 4 is 110 Å². The number of hydrogen-bond acceptors (Lipinski definition) is 5. The Hall–Kier alpha value is -5.75. The SMILES string of the molecule is Bc1c(B)c(B)c(-c2cccc3c2oc2cccc(-c4nc(-c5ccccc5)nc(-c5cccc6oc7ccccc7c56)n4)c23)c(B)c1B. The molecule has 6 aromatic carbocycles. The van der Waals surface area contributed by atoms with E-state index in [9.17, 15) is 0 Å². The zero-order chi connectivity index (χ0) is 33.4. The van der Waals surface area contributed by atoms with Gasteiger partial charge in [0.05, 0.1) is 0 Å². The first-order valence-corrected chi connectivity index (χ1v) is 16.6. The van der Waals surface area contributed by atoms with Crippen molar-refractivity contribution in [3.8, 4) is 45.3 Å². The van der Waals surface area contributed by atoms with Crippen LogP contribution in [0, 0.1) is 0 Å². The number of nitrogens with zero attached hydrogens (tertiary/aromatic N) is 3. The van der Waals surface area contributed by atoms with E-state index in [4.69, 9.17) is 23.8 Å². The van der Waals surface area contributed by atoms with Crippen LogP contribution >= 0.6 is 0 Å². The van der Waals surface area contributed by atoms with Gasteiger partial charge >= 0.3 is 0 Å². The Kier molecular flexibility index (Phi) is 6.70. The van der Waals surface area contributed by atoms with Crippen LogP contribution in [0.15, 0.2) is 118 Å². The molecule has 0 spiro atoms. The quantitative estimate of drug-likeness (QED) is 0.279. The first kappa shape index (κ1) is 29.4. The lowest BCUT2D eigenvalue weighted by Gasteiger charge is -2.20. The summed E-state index contributed by atoms with van der Waals surface area (Å²) in [6.45, 7) is 0. The van der Waals surface area contributed by atoms with E-state index in [2.05, 4.69) is 75.6 Å². The fourth-order valence-electron chi connectivity index (χ4n) is 7.43. The average molecular weight is 625 g/mol. The van der Waals surface area contributed by atoms with Crippen LogP contribution in [0.2, 0.25) is 0 Å². The normalized spacial score (nSPS) is 11.7. The summed E-state index contributed by atoms with van der Waals surface area (Å²) in [7, 11) is 11.1. The third-order valence-electron chi connectivity index (χ3n) is 10.3. The maximum absolute atomic E-state index is 6.76. The lowest BCUT2D eigenvalue weighted by Crippen LogP contribution is -2.55. The molecule has 0 aliphatic rings. The third kappa shape index (κ3) is 4.51. The summed E-state index contributed by atoms with van der Waals surface area (Å²) < 4.78 is 13.0. The number of benzene rings is 6. The Morgan fingerprint density at radius 2 is 0.878 bits per heavy atom. The molecule has 0 unspecified atom stereocenters. The van der Waals surface area contributed by atoms with Gasteiger partial charge in [-0.25, -0.2) is 15.0 Å². The van der Waals surface area contributed by atoms with Crippen molar-refractivity contribution in [1.82, 2.24) is 15.0 Å². The molecule has 10 heteroatoms. The molecular formula is C39H28B5N3O2. The second kappa shape index (κ2) is 11.2. The minimum absolute atomic E-state index is 0.585. The molecule has 5 nitrogen and oxygen atoms in total. The number of aromatic nitrogens is 3. The number of hydrogen-bond donors (Lipinski definition) is 0. The number of para-hydroxylation sites is 2. The Morgan fingerprint density at radius 1 is 0.388 bits per heavy atom. The van der Waals surface area contributed by atoms with E-state index in [-0.39, 0.29) is 0 Å². The molecule has 3 heterocycles. The highest BCUT2D eigenvalue weighted by Gasteiger charge is 2.22. The van der Waals surface area contributed by atoms with Gasteiger partial charge in [-0.1, -0.05) is 102 Å². The summed E-state index contributed by atoms with van der Waals surface area (Å²) in [5, 5.41) is 4.03. The van der Waals surface area contributed by atoms with Gasteiger partial charge < -0.3 is 8.83 Å². The molecule has 0 N–H and O–H groups in total. The maximum atomic E-state index is 6.76. The molecule has 0 aliphatic heterocycles. The summed E-state index contributed by atoms with van der Waals surface area (Å²) in [5.41, 5.74) is 14.9. The van der Waals surface area contributed by atoms with E-state index in [0.717, 1.165) is 66.1 Å². The molecule has 0 radical (unpaired) electrons. The Balaban J connectivity index is 1.33. The molecule has 49 heavy (non-hydrogen) atoms. The topological polar surface area (TPSA) is 65.0 Å². The molecule has 0 amide bonds. The van der Waals surface area contributed by atoms with Crippen LogP contribution in [0.4, 0.5) is 0 Å². The largest absolute Gasteiger partial charge is 0.456 e. The number of rotatable bonds is 4. The molecule has 0 bridgehead atoms. The number of furan rings is 2. The van der Waals surface area contributed by atoms with Gasteiger partial charge in [-0.05, 0) is 23.8 Å². The minimum atomic E-state index is 0.585. The Labute approximate surface area is 287 Å². The van der Waals surface area contributed by atoms with Crippen molar-refractivity contribution in [3.63, 3.8) is 0 Å². The molecule has 0 aliphatic carbocycles. The first-order chi connectivity index (χ1) is 23.9. The zero-order valence-electron chi connectivity index (χ0n) is 28.1. The second-order valence-electron chi connectivity index (χ2n) is 12.9. The van der Waals surface area contributed by atoms with Crippen LogP contribution in [0.3, 0.4) is 0 Å². The van der Waals surface area contributed by atoms with Crippen molar-refractivity contribution in [2.24, 2.45) is 0 Å². The van der Waals surface area contributed by atoms with Gasteiger partial charge in [-0.3, -0.25) is 0 Å². The maximum Gasteiger partial charge on any atom is 0.164 e. The summed E-state index contributed by atoms with van der Waals surface area (Å²) in [5.74, 6) is 1.78. The van der Waals surface area contributed by atoms with Crippen molar-refractivity contribution in [2.75, 3.05) is 0 Å². The fourth-order valence-corrected chi connectivity index (χ4v) is 7.43. The Morgan fingerprint density at radius 3 is 1.57 bits per heavy atom. The van der Waals surface area contributed by atoms with Crippen LogP contribution in [0.25, 0.3) is 89.2 Å². The van der Waals surface area contributed by atoms with E-state index in [1.807, 2.05) is 72.8 Å². The van der Waals surface area contributed by atoms with Crippen LogP contribution in [0.5, 0.6) is 0 Å². The predicted molar refractivity (Wildman–Crippen MR) is 217 cm³/mol. The smallest absolute Gasteiger partial charge is 0.164 e. The highest BCUT2D eigenvalue weighted by molar-refractivity contribution is 6.68. The zero-order valence-corrected chi connectivity index (χ0v) is 28.1. The van der Waals surface area contributed by atoms with E-state index in [0.29, 0.717) is 17.5 Å². The van der Waals surface area contributed by atoms with Crippen LogP contribution in [-0.2, 0) is 0 Å². The van der Waals surface area contributed by atoms with Crippen molar-refractivity contribution < 1.29 is 8.83 Å². The standard InChI is InChI=1S/C39H28B5N3O2/c40-31-30(32(41)34(43)35(44)33(31)42)22-13-6-12-21-29-24(15-8-18-27(29)49-36(21)22)39-46-37(19-9-2-1-3-10-19)45-38(47-39)23-14-7-17-26-28(23)20-11-4-5-16-25(20)48-26/h1-18H,40-44H2. The van der Waals surface area contributed by atoms with Gasteiger partial charge in [-0.2, -0.15) is 0 Å². The lowest BCUT2D eigenvalue weighted by atomic mass is 9.59. The lowest BCUT2D eigenvalue weighted by molar-refractivity contribution is 0.669. The minimum Gasteiger partial charge on any atom is -0.456 e. The highest BCUT2D eigenvalue weighted by Crippen LogP contribution is 2.41. The molecule has 226 valence electrons. The summed E-state index contributed by atoms with van der Waals surface area (Å²) >= 11 is 0. The predicted octanol–water partition coefficient (Wildman–Crippen LogP) is 1.63. The van der Waals surface area contributed by atoms with Gasteiger partial charge in [-0.15, -0.1) is 16.4 Å². The van der Waals surface area contributed by atoms with Crippen LogP contribution in [0.1, 0.15) is 0 Å². The summed E-state index contributed by atoms with van der Waals surface area (Å²) in [6, 6.07) is 36.8. The fraction of sp³-hybridized carbons (Fsp3) is 0. The first-order valence-electron chi connectivity index (χ1n) is 16.6. The van der Waals surface area contributed by atoms with Crippen molar-refractivity contribution in [1.29, 1.82) is 0 Å². The highest BCUT2D eigenvalue weighted by atomic mass is 16.3. The molecule has 9 rings (SSSR count). The third-order valence-corrected chi connectivity index (χ3v) is 10.3. The van der Waals surface area contributed by atoms with Crippen molar-refractivity contribution in [2.45, 2.75) is 0 Å². The van der Waals surface area contributed by atoms with Crippen LogP contribution in [-0.4, -0.2) is 54.2 Å². The summed E-state index contributed by atoms with van der Waals surface area (Å²) in [6.07, 6.45) is 0. The molecule has 9 aromatic rings. The summed E-state index contributed by atoms with van der Waals surface area (Å²) in [4.78, 5) is 15.4. The van der Waals surface area contributed by atoms with Gasteiger partial charge in [0.25, 0.3) is 0 Å². The average Bonchev–Trinajstić information content (AvgIpc) is 3.72. The van der Waals surface area contributed by atoms with Crippen LogP contribution < -0.4 is 27.3 Å². The van der Waals surface area contributed by atoms with Gasteiger partial charge in [0.15, 0.2) is 17.5 Å². The molecule has 0 fully saturated rings. The monoisotopic (exact) mass is 625 g/mol.